The van der Waals surface area contributed by atoms with E-state index in [1.54, 1.807) is 28.6 Å². The van der Waals surface area contributed by atoms with E-state index in [1.165, 1.54) is 0 Å². The molecule has 6 heteroatoms. The van der Waals surface area contributed by atoms with E-state index in [0.717, 1.165) is 25.7 Å². The number of sulfonamides is 1. The molecule has 0 spiro atoms. The van der Waals surface area contributed by atoms with Crippen LogP contribution in [-0.4, -0.2) is 25.8 Å². The summed E-state index contributed by atoms with van der Waals surface area (Å²) >= 11 is 0. The van der Waals surface area contributed by atoms with Crippen LogP contribution in [0.1, 0.15) is 25.7 Å². The molecule has 0 aromatic heterocycles. The number of nitrogen functional groups attached to an aromatic ring is 1. The molecule has 0 unspecified atom stereocenters. The monoisotopic (exact) mass is 290 g/mol. The van der Waals surface area contributed by atoms with Gasteiger partial charge in [0.05, 0.1) is 4.90 Å². The predicted octanol–water partition coefficient (Wildman–Crippen LogP) is 2.26. The van der Waals surface area contributed by atoms with Crippen LogP contribution >= 0.6 is 12.4 Å². The molecule has 0 aliphatic carbocycles. The molecule has 1 heterocycles. The molecule has 2 N–H and O–H groups in total. The van der Waals surface area contributed by atoms with Crippen molar-refractivity contribution >= 4 is 28.1 Å². The quantitative estimate of drug-likeness (QED) is 0.850. The van der Waals surface area contributed by atoms with Gasteiger partial charge >= 0.3 is 0 Å². The zero-order valence-corrected chi connectivity index (χ0v) is 11.8. The fourth-order valence-corrected chi connectivity index (χ4v) is 3.59. The molecule has 1 fully saturated rings. The summed E-state index contributed by atoms with van der Waals surface area (Å²) in [6.07, 6.45) is 4.14. The van der Waals surface area contributed by atoms with Crippen LogP contribution in [0.3, 0.4) is 0 Å². The lowest BCUT2D eigenvalue weighted by Crippen LogP contribution is -2.31. The minimum atomic E-state index is -3.32. The molecule has 102 valence electrons. The van der Waals surface area contributed by atoms with Gasteiger partial charge in [0.1, 0.15) is 0 Å². The van der Waals surface area contributed by atoms with Crippen LogP contribution < -0.4 is 5.73 Å². The highest BCUT2D eigenvalue weighted by atomic mass is 35.5. The number of hydrogen-bond donors (Lipinski definition) is 1. The van der Waals surface area contributed by atoms with Gasteiger partial charge in [-0.15, -0.1) is 12.4 Å². The molecule has 18 heavy (non-hydrogen) atoms. The van der Waals surface area contributed by atoms with Crippen molar-refractivity contribution in [2.75, 3.05) is 18.8 Å². The number of benzene rings is 1. The average molecular weight is 291 g/mol. The summed E-state index contributed by atoms with van der Waals surface area (Å²) < 4.78 is 26.3. The van der Waals surface area contributed by atoms with Gasteiger partial charge in [-0.25, -0.2) is 8.42 Å². The van der Waals surface area contributed by atoms with E-state index in [-0.39, 0.29) is 12.4 Å². The first kappa shape index (κ1) is 15.3. The molecule has 2 rings (SSSR count). The Bertz CT molecular complexity index is 465. The molecule has 0 saturated carbocycles. The number of halogens is 1. The predicted molar refractivity (Wildman–Crippen MR) is 75.3 cm³/mol. The zero-order chi connectivity index (χ0) is 12.3. The SMILES string of the molecule is Cl.Nc1ccc(S(=O)(=O)N2CCCCCC2)cc1. The molecule has 0 radical (unpaired) electrons. The largest absolute Gasteiger partial charge is 0.399 e. The maximum absolute atomic E-state index is 12.3. The van der Waals surface area contributed by atoms with E-state index in [9.17, 15) is 8.42 Å². The van der Waals surface area contributed by atoms with Crippen molar-refractivity contribution < 1.29 is 8.42 Å². The third kappa shape index (κ3) is 3.37. The Morgan fingerprint density at radius 2 is 1.44 bits per heavy atom. The van der Waals surface area contributed by atoms with Gasteiger partial charge in [0.15, 0.2) is 0 Å². The van der Waals surface area contributed by atoms with E-state index >= 15 is 0 Å². The lowest BCUT2D eigenvalue weighted by molar-refractivity contribution is 0.424. The Balaban J connectivity index is 0.00000162. The fourth-order valence-electron chi connectivity index (χ4n) is 2.07. The van der Waals surface area contributed by atoms with E-state index in [0.29, 0.717) is 23.7 Å². The van der Waals surface area contributed by atoms with Gasteiger partial charge in [0.25, 0.3) is 0 Å². The summed E-state index contributed by atoms with van der Waals surface area (Å²) in [5.74, 6) is 0. The number of anilines is 1. The van der Waals surface area contributed by atoms with Crippen molar-refractivity contribution in [3.63, 3.8) is 0 Å². The highest BCUT2D eigenvalue weighted by Crippen LogP contribution is 2.20. The Morgan fingerprint density at radius 3 is 1.94 bits per heavy atom. The van der Waals surface area contributed by atoms with Crippen LogP contribution in [0.2, 0.25) is 0 Å². The second-order valence-corrected chi connectivity index (χ2v) is 6.33. The Hall–Kier alpha value is -0.780. The minimum Gasteiger partial charge on any atom is -0.399 e. The first-order valence-corrected chi connectivity index (χ1v) is 7.40. The highest BCUT2D eigenvalue weighted by Gasteiger charge is 2.24. The molecule has 1 saturated heterocycles. The third-order valence-electron chi connectivity index (χ3n) is 3.08. The van der Waals surface area contributed by atoms with E-state index in [1.807, 2.05) is 0 Å². The second-order valence-electron chi connectivity index (χ2n) is 4.39. The maximum atomic E-state index is 12.3. The van der Waals surface area contributed by atoms with Crippen molar-refractivity contribution in [1.29, 1.82) is 0 Å². The van der Waals surface area contributed by atoms with Gasteiger partial charge in [-0.3, -0.25) is 0 Å². The summed E-state index contributed by atoms with van der Waals surface area (Å²) in [5, 5.41) is 0. The molecule has 1 aromatic carbocycles. The van der Waals surface area contributed by atoms with Crippen LogP contribution in [0.25, 0.3) is 0 Å². The molecule has 0 amide bonds. The van der Waals surface area contributed by atoms with Crippen molar-refractivity contribution in [2.24, 2.45) is 0 Å². The minimum absolute atomic E-state index is 0. The smallest absolute Gasteiger partial charge is 0.243 e. The molecular formula is C12H19ClN2O2S. The van der Waals surface area contributed by atoms with Crippen LogP contribution in [0, 0.1) is 0 Å². The lowest BCUT2D eigenvalue weighted by atomic mass is 10.2. The fraction of sp³-hybridized carbons (Fsp3) is 0.500. The zero-order valence-electron chi connectivity index (χ0n) is 10.2. The first-order valence-electron chi connectivity index (χ1n) is 5.96. The van der Waals surface area contributed by atoms with Crippen LogP contribution in [0.15, 0.2) is 29.2 Å². The van der Waals surface area contributed by atoms with Crippen molar-refractivity contribution in [1.82, 2.24) is 4.31 Å². The number of hydrogen-bond acceptors (Lipinski definition) is 3. The summed E-state index contributed by atoms with van der Waals surface area (Å²) in [7, 11) is -3.32. The standard InChI is InChI=1S/C12H18N2O2S.ClH/c13-11-5-7-12(8-6-11)17(15,16)14-9-3-1-2-4-10-14;/h5-8H,1-4,9-10,13H2;1H. The van der Waals surface area contributed by atoms with E-state index in [4.69, 9.17) is 5.73 Å². The van der Waals surface area contributed by atoms with Crippen LogP contribution in [0.5, 0.6) is 0 Å². The van der Waals surface area contributed by atoms with Gasteiger partial charge in [0.2, 0.25) is 10.0 Å². The van der Waals surface area contributed by atoms with Gasteiger partial charge in [-0.1, -0.05) is 12.8 Å². The number of rotatable bonds is 2. The molecule has 1 aliphatic rings. The van der Waals surface area contributed by atoms with Crippen molar-refractivity contribution in [2.45, 2.75) is 30.6 Å². The maximum Gasteiger partial charge on any atom is 0.243 e. The Labute approximate surface area is 115 Å². The Kier molecular flexibility index (Phi) is 5.44. The summed E-state index contributed by atoms with van der Waals surface area (Å²) in [5.41, 5.74) is 6.15. The van der Waals surface area contributed by atoms with Gasteiger partial charge < -0.3 is 5.73 Å². The number of nitrogens with zero attached hydrogens (tertiary/aromatic N) is 1. The normalized spacial score (nSPS) is 17.8. The van der Waals surface area contributed by atoms with Crippen molar-refractivity contribution in [3.05, 3.63) is 24.3 Å². The van der Waals surface area contributed by atoms with Gasteiger partial charge in [-0.05, 0) is 37.1 Å². The van der Waals surface area contributed by atoms with E-state index in [2.05, 4.69) is 0 Å². The highest BCUT2D eigenvalue weighted by molar-refractivity contribution is 7.89. The van der Waals surface area contributed by atoms with E-state index < -0.39 is 10.0 Å². The molecule has 0 bridgehead atoms. The summed E-state index contributed by atoms with van der Waals surface area (Å²) in [4.78, 5) is 0.341. The molecule has 4 nitrogen and oxygen atoms in total. The molecular weight excluding hydrogens is 272 g/mol. The van der Waals surface area contributed by atoms with Crippen LogP contribution in [-0.2, 0) is 10.0 Å². The number of nitrogens with two attached hydrogens (primary N) is 1. The molecule has 1 aromatic rings. The topological polar surface area (TPSA) is 63.4 Å². The Morgan fingerprint density at radius 1 is 0.944 bits per heavy atom. The molecule has 1 aliphatic heterocycles. The first-order chi connectivity index (χ1) is 8.10. The third-order valence-corrected chi connectivity index (χ3v) is 5.00. The van der Waals surface area contributed by atoms with Gasteiger partial charge in [0, 0.05) is 18.8 Å². The summed E-state index contributed by atoms with van der Waals surface area (Å²) in [6.45, 7) is 1.26. The summed E-state index contributed by atoms with van der Waals surface area (Å²) in [6, 6.07) is 6.42. The lowest BCUT2D eigenvalue weighted by Gasteiger charge is -2.19. The van der Waals surface area contributed by atoms with Gasteiger partial charge in [-0.2, -0.15) is 4.31 Å². The molecule has 0 atom stereocenters. The van der Waals surface area contributed by atoms with Crippen LogP contribution in [0.4, 0.5) is 5.69 Å². The second kappa shape index (κ2) is 6.41. The average Bonchev–Trinajstić information content (AvgIpc) is 2.58. The van der Waals surface area contributed by atoms with Crippen molar-refractivity contribution in [3.8, 4) is 0 Å².